The number of ketones is 1. The van der Waals surface area contributed by atoms with Crippen LogP contribution >= 0.6 is 0 Å². The first-order chi connectivity index (χ1) is 11.1. The van der Waals surface area contributed by atoms with Crippen LogP contribution in [0.5, 0.6) is 0 Å². The van der Waals surface area contributed by atoms with Crippen molar-refractivity contribution in [3.63, 3.8) is 0 Å². The molecular weight excluding hydrogens is 296 g/mol. The Morgan fingerprint density at radius 1 is 1.39 bits per heavy atom. The first-order valence-corrected chi connectivity index (χ1v) is 6.93. The smallest absolute Gasteiger partial charge is 0.215 e. The van der Waals surface area contributed by atoms with Crippen molar-refractivity contribution in [2.24, 2.45) is 0 Å². The maximum absolute atomic E-state index is 12.3. The van der Waals surface area contributed by atoms with E-state index in [-0.39, 0.29) is 17.4 Å². The number of furan rings is 1. The lowest BCUT2D eigenvalue weighted by Gasteiger charge is -1.95. The molecule has 116 valence electrons. The summed E-state index contributed by atoms with van der Waals surface area (Å²) >= 11 is 0. The fourth-order valence-corrected chi connectivity index (χ4v) is 2.18. The zero-order valence-corrected chi connectivity index (χ0v) is 12.4. The molecule has 0 fully saturated rings. The van der Waals surface area contributed by atoms with Crippen molar-refractivity contribution >= 4 is 11.5 Å². The number of carbonyl (C=O) groups is 1. The summed E-state index contributed by atoms with van der Waals surface area (Å²) in [4.78, 5) is 20.0. The first-order valence-electron chi connectivity index (χ1n) is 6.93. The van der Waals surface area contributed by atoms with E-state index in [2.05, 4.69) is 20.2 Å². The Labute approximate surface area is 131 Å². The number of carbonyl (C=O) groups excluding carboxylic acids is 1. The molecule has 3 aromatic rings. The summed E-state index contributed by atoms with van der Waals surface area (Å²) in [6, 6.07) is 5.45. The van der Waals surface area contributed by atoms with Crippen LogP contribution in [0.25, 0.3) is 5.76 Å². The average Bonchev–Trinajstić information content (AvgIpc) is 3.18. The van der Waals surface area contributed by atoms with Gasteiger partial charge in [0.2, 0.25) is 5.82 Å². The van der Waals surface area contributed by atoms with Crippen LogP contribution in [-0.4, -0.2) is 31.1 Å². The van der Waals surface area contributed by atoms with Crippen LogP contribution in [0.4, 0.5) is 0 Å². The molecule has 7 heteroatoms. The molecule has 0 aliphatic carbocycles. The van der Waals surface area contributed by atoms with Gasteiger partial charge in [-0.2, -0.15) is 5.10 Å². The highest BCUT2D eigenvalue weighted by Crippen LogP contribution is 2.19. The summed E-state index contributed by atoms with van der Waals surface area (Å²) in [6.07, 6.45) is 6.37. The number of hydrogen-bond donors (Lipinski definition) is 2. The Bertz CT molecular complexity index is 836. The Morgan fingerprint density at radius 3 is 2.87 bits per heavy atom. The van der Waals surface area contributed by atoms with Crippen LogP contribution < -0.4 is 0 Å². The van der Waals surface area contributed by atoms with Gasteiger partial charge in [0.1, 0.15) is 17.8 Å². The summed E-state index contributed by atoms with van der Waals surface area (Å²) in [5, 5.41) is 16.0. The van der Waals surface area contributed by atoms with Crippen molar-refractivity contribution in [2.45, 2.75) is 13.3 Å². The minimum absolute atomic E-state index is 0.0662. The molecule has 2 N–H and O–H groups in total. The number of allylic oxidation sites excluding steroid dienone is 1. The van der Waals surface area contributed by atoms with Crippen LogP contribution in [-0.2, 0) is 6.42 Å². The Balaban J connectivity index is 1.80. The van der Waals surface area contributed by atoms with E-state index in [0.717, 1.165) is 11.6 Å². The molecule has 0 saturated carbocycles. The normalized spacial score (nSPS) is 11.6. The minimum Gasteiger partial charge on any atom is -0.504 e. The zero-order valence-electron chi connectivity index (χ0n) is 12.4. The molecule has 0 aromatic carbocycles. The predicted molar refractivity (Wildman–Crippen MR) is 81.8 cm³/mol. The van der Waals surface area contributed by atoms with Crippen molar-refractivity contribution in [1.82, 2.24) is 20.2 Å². The topological polar surface area (TPSA) is 105 Å². The quantitative estimate of drug-likeness (QED) is 0.426. The van der Waals surface area contributed by atoms with E-state index >= 15 is 0 Å². The Kier molecular flexibility index (Phi) is 4.01. The average molecular weight is 310 g/mol. The first kappa shape index (κ1) is 14.7. The van der Waals surface area contributed by atoms with Crippen LogP contribution in [0.15, 0.2) is 47.4 Å². The van der Waals surface area contributed by atoms with E-state index in [9.17, 15) is 9.90 Å². The van der Waals surface area contributed by atoms with Gasteiger partial charge in [-0.25, -0.2) is 4.98 Å². The fraction of sp³-hybridized carbons (Fsp3) is 0.125. The highest BCUT2D eigenvalue weighted by atomic mass is 16.3. The Hall–Kier alpha value is -3.22. The third-order valence-corrected chi connectivity index (χ3v) is 3.27. The molecule has 0 bridgehead atoms. The van der Waals surface area contributed by atoms with Crippen LogP contribution in [0.2, 0.25) is 0 Å². The molecule has 0 aliphatic heterocycles. The number of nitrogens with one attached hydrogen (secondary N) is 1. The van der Waals surface area contributed by atoms with Gasteiger partial charge >= 0.3 is 0 Å². The molecule has 23 heavy (non-hydrogen) atoms. The van der Waals surface area contributed by atoms with Gasteiger partial charge in [-0.05, 0) is 30.7 Å². The molecular formula is C16H14N4O3. The SMILES string of the molecule is Cc1oc(Cc2ccncc2)cc1C(=O)C=C(O)c1nc[nH]n1. The number of H-pyrrole nitrogens is 1. The number of aromatic amines is 1. The van der Waals surface area contributed by atoms with Crippen molar-refractivity contribution in [2.75, 3.05) is 0 Å². The number of nitrogens with zero attached hydrogens (tertiary/aromatic N) is 3. The summed E-state index contributed by atoms with van der Waals surface area (Å²) < 4.78 is 5.62. The lowest BCUT2D eigenvalue weighted by molar-refractivity contribution is 0.104. The van der Waals surface area contributed by atoms with Gasteiger partial charge in [-0.15, -0.1) is 0 Å². The molecule has 0 saturated heterocycles. The lowest BCUT2D eigenvalue weighted by atomic mass is 10.1. The number of pyridine rings is 1. The maximum Gasteiger partial charge on any atom is 0.215 e. The number of rotatable bonds is 5. The molecule has 3 aromatic heterocycles. The minimum atomic E-state index is -0.366. The monoisotopic (exact) mass is 310 g/mol. The van der Waals surface area contributed by atoms with Crippen molar-refractivity contribution in [1.29, 1.82) is 0 Å². The molecule has 3 rings (SSSR count). The summed E-state index contributed by atoms with van der Waals surface area (Å²) in [5.74, 6) is 0.569. The van der Waals surface area contributed by atoms with Crippen LogP contribution in [0.3, 0.4) is 0 Å². The number of aliphatic hydroxyl groups is 1. The highest BCUT2D eigenvalue weighted by Gasteiger charge is 2.15. The van der Waals surface area contributed by atoms with Gasteiger partial charge in [-0.1, -0.05) is 0 Å². The fourth-order valence-electron chi connectivity index (χ4n) is 2.18. The lowest BCUT2D eigenvalue weighted by Crippen LogP contribution is -1.98. The van der Waals surface area contributed by atoms with E-state index in [1.165, 1.54) is 6.33 Å². The van der Waals surface area contributed by atoms with Crippen molar-refractivity contribution in [3.8, 4) is 0 Å². The second-order valence-corrected chi connectivity index (χ2v) is 4.93. The van der Waals surface area contributed by atoms with Crippen molar-refractivity contribution in [3.05, 3.63) is 71.5 Å². The molecule has 0 radical (unpaired) electrons. The molecule has 0 amide bonds. The van der Waals surface area contributed by atoms with E-state index in [1.54, 1.807) is 25.4 Å². The van der Waals surface area contributed by atoms with E-state index in [1.807, 2.05) is 12.1 Å². The van der Waals surface area contributed by atoms with Gasteiger partial charge in [-0.3, -0.25) is 14.9 Å². The van der Waals surface area contributed by atoms with Gasteiger partial charge in [0.05, 0.1) is 5.56 Å². The molecule has 0 spiro atoms. The molecule has 0 unspecified atom stereocenters. The van der Waals surface area contributed by atoms with Gasteiger partial charge in [0, 0.05) is 24.9 Å². The van der Waals surface area contributed by atoms with Crippen LogP contribution in [0, 0.1) is 6.92 Å². The number of aromatic nitrogens is 4. The third-order valence-electron chi connectivity index (χ3n) is 3.27. The molecule has 7 nitrogen and oxygen atoms in total. The number of aryl methyl sites for hydroxylation is 1. The molecule has 0 atom stereocenters. The Morgan fingerprint density at radius 2 is 2.17 bits per heavy atom. The third kappa shape index (κ3) is 3.34. The van der Waals surface area contributed by atoms with E-state index < -0.39 is 0 Å². The van der Waals surface area contributed by atoms with Gasteiger partial charge in [0.25, 0.3) is 0 Å². The molecule has 3 heterocycles. The van der Waals surface area contributed by atoms with Crippen molar-refractivity contribution < 1.29 is 14.3 Å². The second kappa shape index (κ2) is 6.27. The van der Waals surface area contributed by atoms with Crippen LogP contribution in [0.1, 0.15) is 33.3 Å². The largest absolute Gasteiger partial charge is 0.504 e. The summed E-state index contributed by atoms with van der Waals surface area (Å²) in [5.41, 5.74) is 1.43. The summed E-state index contributed by atoms with van der Waals surface area (Å²) in [6.45, 7) is 1.71. The number of hydrogen-bond acceptors (Lipinski definition) is 6. The second-order valence-electron chi connectivity index (χ2n) is 4.93. The number of aliphatic hydroxyl groups excluding tert-OH is 1. The standard InChI is InChI=1S/C16H14N4O3/c1-10-13(14(21)8-15(22)16-18-9-19-20-16)7-12(23-10)6-11-2-4-17-5-3-11/h2-5,7-9,22H,6H2,1H3,(H,18,19,20). The van der Waals surface area contributed by atoms with E-state index in [0.29, 0.717) is 23.5 Å². The highest BCUT2D eigenvalue weighted by molar-refractivity contribution is 6.08. The molecule has 0 aliphatic rings. The maximum atomic E-state index is 12.3. The predicted octanol–water partition coefficient (Wildman–Crippen LogP) is 2.47. The van der Waals surface area contributed by atoms with Gasteiger partial charge < -0.3 is 9.52 Å². The van der Waals surface area contributed by atoms with Gasteiger partial charge in [0.15, 0.2) is 11.5 Å². The van der Waals surface area contributed by atoms with E-state index in [4.69, 9.17) is 4.42 Å². The zero-order chi connectivity index (χ0) is 16.2. The summed E-state index contributed by atoms with van der Waals surface area (Å²) in [7, 11) is 0.